The van der Waals surface area contributed by atoms with E-state index in [9.17, 15) is 33.7 Å². The monoisotopic (exact) mass is 490 g/mol. The van der Waals surface area contributed by atoms with Gasteiger partial charge in [0, 0.05) is 29.8 Å². The lowest BCUT2D eigenvalue weighted by Crippen LogP contribution is -2.34. The topological polar surface area (TPSA) is 124 Å². The molecule has 0 atom stereocenters. The second-order valence-corrected chi connectivity index (χ2v) is 7.96. The number of rotatable bonds is 7. The number of amides is 1. The summed E-state index contributed by atoms with van der Waals surface area (Å²) in [7, 11) is 0. The molecule has 10 heteroatoms. The molecule has 1 aliphatic rings. The fraction of sp³-hybridized carbons (Fsp3) is 0.154. The second-order valence-electron chi connectivity index (χ2n) is 7.96. The van der Waals surface area contributed by atoms with E-state index in [2.05, 4.69) is 0 Å². The number of esters is 1. The molecule has 4 rings (SSSR count). The third kappa shape index (κ3) is 4.48. The minimum absolute atomic E-state index is 0.00488. The number of fused-ring (bicyclic) bond motifs is 2. The Kier molecular flexibility index (Phi) is 6.69. The molecule has 3 aromatic carbocycles. The van der Waals surface area contributed by atoms with Gasteiger partial charge in [0.15, 0.2) is 12.4 Å². The minimum Gasteiger partial charge on any atom is -0.452 e. The molecule has 9 nitrogen and oxygen atoms in total. The maximum atomic E-state index is 13.4. The smallest absolute Gasteiger partial charge is 0.345 e. The van der Waals surface area contributed by atoms with Crippen LogP contribution in [0, 0.1) is 15.9 Å². The number of benzene rings is 3. The molecule has 182 valence electrons. The molecule has 0 saturated carbocycles. The highest BCUT2D eigenvalue weighted by molar-refractivity contribution is 6.30. The molecular weight excluding hydrogens is 471 g/mol. The van der Waals surface area contributed by atoms with Crippen LogP contribution in [0.15, 0.2) is 60.7 Å². The molecule has 0 radical (unpaired) electrons. The Morgan fingerprint density at radius 2 is 1.67 bits per heavy atom. The van der Waals surface area contributed by atoms with E-state index < -0.39 is 57.6 Å². The lowest BCUT2D eigenvalue weighted by molar-refractivity contribution is -0.385. The van der Waals surface area contributed by atoms with Crippen LogP contribution in [0.2, 0.25) is 0 Å². The number of likely N-dealkylation sites (N-methyl/N-ethyl adjacent to an activating group) is 1. The number of carbonyl (C=O) groups excluding carboxylic acids is 4. The molecule has 1 amide bonds. The Balaban J connectivity index is 1.58. The quantitative estimate of drug-likeness (QED) is 0.220. The van der Waals surface area contributed by atoms with Gasteiger partial charge < -0.3 is 9.64 Å². The maximum absolute atomic E-state index is 13.4. The molecule has 0 unspecified atom stereocenters. The second kappa shape index (κ2) is 9.87. The number of nitro benzene ring substituents is 1. The Labute approximate surface area is 204 Å². The van der Waals surface area contributed by atoms with Crippen molar-refractivity contribution in [1.29, 1.82) is 0 Å². The van der Waals surface area contributed by atoms with Crippen LogP contribution in [0.1, 0.15) is 54.7 Å². The van der Waals surface area contributed by atoms with Gasteiger partial charge in [-0.1, -0.05) is 36.4 Å². The van der Waals surface area contributed by atoms with E-state index in [4.69, 9.17) is 4.74 Å². The van der Waals surface area contributed by atoms with Crippen LogP contribution in [0.5, 0.6) is 0 Å². The molecule has 0 heterocycles. The molecule has 0 bridgehead atoms. The number of ether oxygens (including phenoxy) is 1. The number of nitrogens with zero attached hydrogens (tertiary/aromatic N) is 2. The molecule has 0 aliphatic heterocycles. The fourth-order valence-electron chi connectivity index (χ4n) is 4.05. The summed E-state index contributed by atoms with van der Waals surface area (Å²) in [5.41, 5.74) is -1.45. The summed E-state index contributed by atoms with van der Waals surface area (Å²) in [5, 5.41) is 11.9. The molecule has 0 saturated heterocycles. The fourth-order valence-corrected chi connectivity index (χ4v) is 4.05. The van der Waals surface area contributed by atoms with Crippen LogP contribution in [0.4, 0.5) is 10.1 Å². The standard InChI is InChI=1S/C26H19FN2O7/c1-2-28(13-15-6-5-7-16(27)12-15)21(30)14-36-26(33)20-11-10-19-22(23(20)29(34)35)25(32)18-9-4-3-8-17(18)24(19)31/h3-12H,2,13-14H2,1H3. The predicted octanol–water partition coefficient (Wildman–Crippen LogP) is 3.71. The highest BCUT2D eigenvalue weighted by Crippen LogP contribution is 2.35. The molecule has 0 fully saturated rings. The van der Waals surface area contributed by atoms with E-state index in [0.717, 1.165) is 6.07 Å². The molecule has 0 aromatic heterocycles. The first-order valence-electron chi connectivity index (χ1n) is 10.9. The van der Waals surface area contributed by atoms with Crippen molar-refractivity contribution >= 4 is 29.1 Å². The van der Waals surface area contributed by atoms with E-state index >= 15 is 0 Å². The van der Waals surface area contributed by atoms with E-state index in [1.54, 1.807) is 19.1 Å². The summed E-state index contributed by atoms with van der Waals surface area (Å²) in [4.78, 5) is 63.6. The number of nitro groups is 1. The Bertz CT molecular complexity index is 1430. The number of halogens is 1. The van der Waals surface area contributed by atoms with Crippen LogP contribution in [-0.4, -0.2) is 46.4 Å². The normalized spacial score (nSPS) is 11.9. The van der Waals surface area contributed by atoms with Crippen LogP contribution >= 0.6 is 0 Å². The van der Waals surface area contributed by atoms with Crippen molar-refractivity contribution in [2.24, 2.45) is 0 Å². The van der Waals surface area contributed by atoms with Gasteiger partial charge in [0.05, 0.1) is 4.92 Å². The molecule has 1 aliphatic carbocycles. The highest BCUT2D eigenvalue weighted by atomic mass is 19.1. The Morgan fingerprint density at radius 1 is 0.972 bits per heavy atom. The first-order valence-corrected chi connectivity index (χ1v) is 10.9. The number of ketones is 2. The minimum atomic E-state index is -1.20. The van der Waals surface area contributed by atoms with Gasteiger partial charge >= 0.3 is 5.97 Å². The number of hydrogen-bond acceptors (Lipinski definition) is 7. The van der Waals surface area contributed by atoms with Gasteiger partial charge in [0.25, 0.3) is 11.6 Å². The molecule has 0 N–H and O–H groups in total. The van der Waals surface area contributed by atoms with Gasteiger partial charge in [-0.05, 0) is 36.8 Å². The number of hydrogen-bond donors (Lipinski definition) is 0. The van der Waals surface area contributed by atoms with Gasteiger partial charge in [-0.3, -0.25) is 24.5 Å². The average Bonchev–Trinajstić information content (AvgIpc) is 2.87. The predicted molar refractivity (Wildman–Crippen MR) is 124 cm³/mol. The van der Waals surface area contributed by atoms with Crippen LogP contribution < -0.4 is 0 Å². The zero-order chi connectivity index (χ0) is 26.0. The largest absolute Gasteiger partial charge is 0.452 e. The van der Waals surface area contributed by atoms with Crippen molar-refractivity contribution < 1.29 is 33.2 Å². The van der Waals surface area contributed by atoms with Gasteiger partial charge in [0.1, 0.15) is 16.9 Å². The van der Waals surface area contributed by atoms with Crippen molar-refractivity contribution in [2.75, 3.05) is 13.2 Å². The van der Waals surface area contributed by atoms with Crippen molar-refractivity contribution in [3.8, 4) is 0 Å². The molecule has 0 spiro atoms. The van der Waals surface area contributed by atoms with Crippen molar-refractivity contribution in [3.05, 3.63) is 110 Å². The van der Waals surface area contributed by atoms with E-state index in [1.807, 2.05) is 0 Å². The summed E-state index contributed by atoms with van der Waals surface area (Å²) in [6.07, 6.45) is 0. The van der Waals surface area contributed by atoms with Gasteiger partial charge in [-0.25, -0.2) is 9.18 Å². The van der Waals surface area contributed by atoms with Gasteiger partial charge in [0.2, 0.25) is 5.78 Å². The summed E-state index contributed by atoms with van der Waals surface area (Å²) >= 11 is 0. The van der Waals surface area contributed by atoms with E-state index in [1.165, 1.54) is 47.4 Å². The Hall–Kier alpha value is -4.73. The summed E-state index contributed by atoms with van der Waals surface area (Å²) in [5.74, 6) is -3.59. The summed E-state index contributed by atoms with van der Waals surface area (Å²) < 4.78 is 18.5. The average molecular weight is 490 g/mol. The van der Waals surface area contributed by atoms with Crippen LogP contribution in [0.25, 0.3) is 0 Å². The zero-order valence-corrected chi connectivity index (χ0v) is 19.0. The van der Waals surface area contributed by atoms with Crippen LogP contribution in [0.3, 0.4) is 0 Å². The third-order valence-electron chi connectivity index (χ3n) is 5.79. The first-order chi connectivity index (χ1) is 17.2. The zero-order valence-electron chi connectivity index (χ0n) is 19.0. The lowest BCUT2D eigenvalue weighted by atomic mass is 9.82. The van der Waals surface area contributed by atoms with Crippen molar-refractivity contribution in [2.45, 2.75) is 13.5 Å². The highest BCUT2D eigenvalue weighted by Gasteiger charge is 2.39. The maximum Gasteiger partial charge on any atom is 0.345 e. The van der Waals surface area contributed by atoms with E-state index in [-0.39, 0.29) is 29.8 Å². The SMILES string of the molecule is CCN(Cc1cccc(F)c1)C(=O)COC(=O)c1ccc2c(c1[N+](=O)[O-])C(=O)c1ccccc1C2=O. The van der Waals surface area contributed by atoms with E-state index in [0.29, 0.717) is 5.56 Å². The first kappa shape index (κ1) is 24.4. The van der Waals surface area contributed by atoms with Gasteiger partial charge in [-0.15, -0.1) is 0 Å². The summed E-state index contributed by atoms with van der Waals surface area (Å²) in [6, 6.07) is 13.8. The third-order valence-corrected chi connectivity index (χ3v) is 5.79. The Morgan fingerprint density at radius 3 is 2.31 bits per heavy atom. The van der Waals surface area contributed by atoms with Crippen LogP contribution in [-0.2, 0) is 16.1 Å². The van der Waals surface area contributed by atoms with Gasteiger partial charge in [-0.2, -0.15) is 0 Å². The molecular formula is C26H19FN2O7. The number of carbonyl (C=O) groups is 4. The van der Waals surface area contributed by atoms with Crippen molar-refractivity contribution in [3.63, 3.8) is 0 Å². The van der Waals surface area contributed by atoms with Crippen molar-refractivity contribution in [1.82, 2.24) is 4.90 Å². The molecule has 36 heavy (non-hydrogen) atoms. The summed E-state index contributed by atoms with van der Waals surface area (Å²) in [6.45, 7) is 1.27. The molecule has 3 aromatic rings. The lowest BCUT2D eigenvalue weighted by Gasteiger charge is -2.21.